The number of aliphatic hydroxyl groups excluding tert-OH is 1. The second-order valence-corrected chi connectivity index (χ2v) is 4.16. The molecule has 0 aliphatic carbocycles. The molecule has 0 fully saturated rings. The van der Waals surface area contributed by atoms with Crippen LogP contribution in [-0.2, 0) is 5.41 Å². The zero-order chi connectivity index (χ0) is 11.6. The van der Waals surface area contributed by atoms with Gasteiger partial charge in [0.25, 0.3) is 0 Å². The molecule has 4 nitrogen and oxygen atoms in total. The number of H-pyrrole nitrogens is 1. The molecule has 0 aromatic carbocycles. The number of halogens is 1. The van der Waals surface area contributed by atoms with Crippen molar-refractivity contribution in [3.8, 4) is 0 Å². The minimum Gasteiger partial charge on any atom is -0.395 e. The predicted octanol–water partition coefficient (Wildman–Crippen LogP) is 1.76. The molecule has 2 heterocycles. The lowest BCUT2D eigenvalue weighted by molar-refractivity contribution is 0.222. The molecular weight excluding hydrogens is 226 g/mol. The molecule has 0 spiro atoms. The third kappa shape index (κ3) is 1.81. The first-order valence-electron chi connectivity index (χ1n) is 4.90. The van der Waals surface area contributed by atoms with Gasteiger partial charge in [-0.2, -0.15) is 0 Å². The highest BCUT2D eigenvalue weighted by atomic mass is 35.5. The Labute approximate surface area is 98.3 Å². The fourth-order valence-corrected chi connectivity index (χ4v) is 1.69. The molecule has 2 aromatic heterocycles. The summed E-state index contributed by atoms with van der Waals surface area (Å²) in [6, 6.07) is 5.37. The van der Waals surface area contributed by atoms with Crippen LogP contribution in [0.4, 0.5) is 0 Å². The topological polar surface area (TPSA) is 61.8 Å². The normalized spacial score (nSPS) is 14.7. The zero-order valence-electron chi connectivity index (χ0n) is 8.81. The largest absolute Gasteiger partial charge is 0.395 e. The number of hydrogen-bond donors (Lipinski definition) is 2. The van der Waals surface area contributed by atoms with Gasteiger partial charge in [0.1, 0.15) is 11.0 Å². The van der Waals surface area contributed by atoms with Gasteiger partial charge in [-0.25, -0.2) is 9.97 Å². The van der Waals surface area contributed by atoms with E-state index >= 15 is 0 Å². The van der Waals surface area contributed by atoms with Crippen LogP contribution >= 0.6 is 11.6 Å². The van der Waals surface area contributed by atoms with Crippen LogP contribution in [-0.4, -0.2) is 26.7 Å². The molecule has 0 saturated heterocycles. The Kier molecular flexibility index (Phi) is 2.94. The number of nitrogens with one attached hydrogen (secondary N) is 1. The van der Waals surface area contributed by atoms with E-state index in [1.807, 2.05) is 19.1 Å². The molecular formula is C11H12ClN3O. The molecule has 84 valence electrons. The van der Waals surface area contributed by atoms with Crippen molar-refractivity contribution < 1.29 is 5.11 Å². The van der Waals surface area contributed by atoms with E-state index < -0.39 is 5.41 Å². The minimum absolute atomic E-state index is 0.0894. The van der Waals surface area contributed by atoms with Gasteiger partial charge in [0, 0.05) is 18.1 Å². The number of aromatic nitrogens is 3. The van der Waals surface area contributed by atoms with Gasteiger partial charge in [-0.15, -0.1) is 0 Å². The predicted molar refractivity (Wildman–Crippen MR) is 61.4 cm³/mol. The Hall–Kier alpha value is -1.39. The summed E-state index contributed by atoms with van der Waals surface area (Å²) in [4.78, 5) is 11.4. The maximum Gasteiger partial charge on any atom is 0.144 e. The summed E-state index contributed by atoms with van der Waals surface area (Å²) in [5, 5.41) is 9.93. The summed E-state index contributed by atoms with van der Waals surface area (Å²) in [6.45, 7) is 1.78. The summed E-state index contributed by atoms with van der Waals surface area (Å²) in [5.41, 5.74) is 0.200. The van der Waals surface area contributed by atoms with Crippen molar-refractivity contribution in [2.45, 2.75) is 12.3 Å². The van der Waals surface area contributed by atoms with E-state index in [-0.39, 0.29) is 6.61 Å². The summed E-state index contributed by atoms with van der Waals surface area (Å²) >= 11 is 5.83. The second-order valence-electron chi connectivity index (χ2n) is 3.78. The van der Waals surface area contributed by atoms with E-state index in [1.54, 1.807) is 18.5 Å². The molecule has 2 rings (SSSR count). The highest BCUT2D eigenvalue weighted by Gasteiger charge is 2.32. The fourth-order valence-electron chi connectivity index (χ4n) is 1.55. The number of aromatic amines is 1. The monoisotopic (exact) mass is 237 g/mol. The molecule has 0 bridgehead atoms. The van der Waals surface area contributed by atoms with Crippen LogP contribution in [0.3, 0.4) is 0 Å². The Morgan fingerprint density at radius 1 is 1.50 bits per heavy atom. The quantitative estimate of drug-likeness (QED) is 0.800. The Morgan fingerprint density at radius 3 is 2.88 bits per heavy atom. The molecule has 0 aliphatic heterocycles. The third-order valence-electron chi connectivity index (χ3n) is 2.62. The maximum atomic E-state index is 9.56. The van der Waals surface area contributed by atoms with E-state index in [2.05, 4.69) is 15.0 Å². The smallest absolute Gasteiger partial charge is 0.144 e. The molecule has 2 aromatic rings. The van der Waals surface area contributed by atoms with E-state index in [0.717, 1.165) is 5.69 Å². The lowest BCUT2D eigenvalue weighted by Crippen LogP contribution is -2.31. The Morgan fingerprint density at radius 2 is 2.31 bits per heavy atom. The van der Waals surface area contributed by atoms with Crippen LogP contribution < -0.4 is 0 Å². The highest BCUT2D eigenvalue weighted by Crippen LogP contribution is 2.27. The van der Waals surface area contributed by atoms with Crippen molar-refractivity contribution in [2.24, 2.45) is 0 Å². The summed E-state index contributed by atoms with van der Waals surface area (Å²) in [7, 11) is 0. The van der Waals surface area contributed by atoms with Gasteiger partial charge in [-0.1, -0.05) is 11.6 Å². The molecule has 0 aliphatic rings. The van der Waals surface area contributed by atoms with Crippen molar-refractivity contribution in [2.75, 3.05) is 6.61 Å². The van der Waals surface area contributed by atoms with E-state index in [4.69, 9.17) is 11.6 Å². The summed E-state index contributed by atoms with van der Waals surface area (Å²) < 4.78 is 0. The van der Waals surface area contributed by atoms with Gasteiger partial charge in [-0.3, -0.25) is 0 Å². The summed E-state index contributed by atoms with van der Waals surface area (Å²) in [5.74, 6) is 0.505. The van der Waals surface area contributed by atoms with Crippen LogP contribution in [0.25, 0.3) is 0 Å². The number of aliphatic hydroxyl groups is 1. The number of nitrogens with zero attached hydrogens (tertiary/aromatic N) is 2. The molecule has 0 radical (unpaired) electrons. The Bertz CT molecular complexity index is 472. The molecule has 0 amide bonds. The van der Waals surface area contributed by atoms with Gasteiger partial charge < -0.3 is 10.1 Å². The Balaban J connectivity index is 2.50. The standard InChI is InChI=1S/C11H12ClN3O/c1-11(7-16,8-3-2-5-13-8)10-14-6-4-9(12)15-10/h2-6,13,16H,7H2,1H3. The molecule has 1 unspecified atom stereocenters. The molecule has 2 N–H and O–H groups in total. The number of hydrogen-bond acceptors (Lipinski definition) is 3. The summed E-state index contributed by atoms with van der Waals surface area (Å²) in [6.07, 6.45) is 3.38. The van der Waals surface area contributed by atoms with Gasteiger partial charge >= 0.3 is 0 Å². The van der Waals surface area contributed by atoms with Crippen LogP contribution in [0.15, 0.2) is 30.6 Å². The first-order valence-corrected chi connectivity index (χ1v) is 5.28. The van der Waals surface area contributed by atoms with Crippen molar-refractivity contribution in [1.82, 2.24) is 15.0 Å². The molecule has 5 heteroatoms. The van der Waals surface area contributed by atoms with Gasteiger partial charge in [0.05, 0.1) is 12.0 Å². The van der Waals surface area contributed by atoms with E-state index in [0.29, 0.717) is 11.0 Å². The zero-order valence-corrected chi connectivity index (χ0v) is 9.57. The fraction of sp³-hybridized carbons (Fsp3) is 0.273. The maximum absolute atomic E-state index is 9.56. The van der Waals surface area contributed by atoms with Gasteiger partial charge in [-0.05, 0) is 25.1 Å². The van der Waals surface area contributed by atoms with E-state index in [9.17, 15) is 5.11 Å². The van der Waals surface area contributed by atoms with Crippen molar-refractivity contribution in [1.29, 1.82) is 0 Å². The molecule has 1 atom stereocenters. The van der Waals surface area contributed by atoms with Crippen LogP contribution in [0.1, 0.15) is 18.4 Å². The van der Waals surface area contributed by atoms with Crippen molar-refractivity contribution >= 4 is 11.6 Å². The van der Waals surface area contributed by atoms with E-state index in [1.165, 1.54) is 0 Å². The third-order valence-corrected chi connectivity index (χ3v) is 2.83. The van der Waals surface area contributed by atoms with Crippen LogP contribution in [0.5, 0.6) is 0 Å². The molecule has 16 heavy (non-hydrogen) atoms. The number of rotatable bonds is 3. The van der Waals surface area contributed by atoms with Crippen molar-refractivity contribution in [3.63, 3.8) is 0 Å². The average molecular weight is 238 g/mol. The SMILES string of the molecule is CC(CO)(c1nccc(Cl)n1)c1ccc[nH]1. The first-order chi connectivity index (χ1) is 7.66. The average Bonchev–Trinajstić information content (AvgIpc) is 2.82. The van der Waals surface area contributed by atoms with Crippen LogP contribution in [0.2, 0.25) is 5.15 Å². The van der Waals surface area contributed by atoms with Gasteiger partial charge in [0.15, 0.2) is 0 Å². The van der Waals surface area contributed by atoms with Gasteiger partial charge in [0.2, 0.25) is 0 Å². The lowest BCUT2D eigenvalue weighted by atomic mass is 9.87. The lowest BCUT2D eigenvalue weighted by Gasteiger charge is -2.24. The first kappa shape index (κ1) is 11.1. The van der Waals surface area contributed by atoms with Crippen molar-refractivity contribution in [3.05, 3.63) is 47.3 Å². The second kappa shape index (κ2) is 4.23. The highest BCUT2D eigenvalue weighted by molar-refractivity contribution is 6.29. The van der Waals surface area contributed by atoms with Crippen LogP contribution in [0, 0.1) is 0 Å². The minimum atomic E-state index is -0.658. The molecule has 0 saturated carbocycles.